The highest BCUT2D eigenvalue weighted by molar-refractivity contribution is 5.94. The Morgan fingerprint density at radius 3 is 2.40 bits per heavy atom. The van der Waals surface area contributed by atoms with E-state index in [0.717, 1.165) is 30.1 Å². The lowest BCUT2D eigenvalue weighted by molar-refractivity contribution is -0.0149. The molecule has 0 heterocycles. The summed E-state index contributed by atoms with van der Waals surface area (Å²) in [6.07, 6.45) is 0.797. The van der Waals surface area contributed by atoms with Gasteiger partial charge in [-0.2, -0.15) is 0 Å². The lowest BCUT2D eigenvalue weighted by Crippen LogP contribution is -2.37. The number of nitrogens with zero attached hydrogens (tertiary/aromatic N) is 1. The Morgan fingerprint density at radius 2 is 1.70 bits per heavy atom. The highest BCUT2D eigenvalue weighted by atomic mass is 16.5. The predicted octanol–water partition coefficient (Wildman–Crippen LogP) is 3.27. The number of hydrogen-bond acceptors (Lipinski definition) is 3. The van der Waals surface area contributed by atoms with Crippen LogP contribution in [-0.4, -0.2) is 38.1 Å². The lowest BCUT2D eigenvalue weighted by atomic mass is 10.1. The van der Waals surface area contributed by atoms with Gasteiger partial charge < -0.3 is 20.7 Å². The second kappa shape index (κ2) is 11.4. The van der Waals surface area contributed by atoms with Crippen molar-refractivity contribution in [3.8, 4) is 0 Å². The minimum atomic E-state index is -0.153. The maximum Gasteiger partial charge on any atom is 0.251 e. The number of carbonyl (C=O) groups is 1. The van der Waals surface area contributed by atoms with Gasteiger partial charge in [0.25, 0.3) is 5.91 Å². The molecule has 162 valence electrons. The molecule has 6 heteroatoms. The van der Waals surface area contributed by atoms with Crippen molar-refractivity contribution in [2.75, 3.05) is 20.6 Å². The summed E-state index contributed by atoms with van der Waals surface area (Å²) >= 11 is 0. The maximum absolute atomic E-state index is 11.8. The number of carbonyl (C=O) groups excluding carboxylic acids is 1. The van der Waals surface area contributed by atoms with Crippen molar-refractivity contribution in [2.45, 2.75) is 45.9 Å². The molecule has 2 rings (SSSR count). The molecule has 3 N–H and O–H groups in total. The molecule has 2 aromatic rings. The first-order valence-electron chi connectivity index (χ1n) is 10.3. The van der Waals surface area contributed by atoms with Crippen LogP contribution in [0.15, 0.2) is 53.5 Å². The van der Waals surface area contributed by atoms with Crippen LogP contribution in [0, 0.1) is 0 Å². The number of ether oxygens (including phenoxy) is 1. The van der Waals surface area contributed by atoms with Crippen LogP contribution in [0.2, 0.25) is 0 Å². The molecule has 0 aliphatic carbocycles. The minimum Gasteiger partial charge on any atom is -0.371 e. The van der Waals surface area contributed by atoms with Gasteiger partial charge in [-0.05, 0) is 56.0 Å². The number of nitrogens with one attached hydrogen (secondary N) is 3. The van der Waals surface area contributed by atoms with E-state index in [9.17, 15) is 4.79 Å². The van der Waals surface area contributed by atoms with Crippen LogP contribution in [-0.2, 0) is 24.3 Å². The summed E-state index contributed by atoms with van der Waals surface area (Å²) in [5, 5.41) is 9.32. The maximum atomic E-state index is 11.8. The quantitative estimate of drug-likeness (QED) is 0.461. The van der Waals surface area contributed by atoms with Crippen molar-refractivity contribution in [3.63, 3.8) is 0 Å². The zero-order chi connectivity index (χ0) is 22.0. The normalized spacial score (nSPS) is 11.8. The monoisotopic (exact) mass is 410 g/mol. The van der Waals surface area contributed by atoms with Gasteiger partial charge in [-0.3, -0.25) is 9.79 Å². The number of benzene rings is 2. The van der Waals surface area contributed by atoms with Crippen LogP contribution in [0.1, 0.15) is 47.8 Å². The molecule has 2 aromatic carbocycles. The predicted molar refractivity (Wildman–Crippen MR) is 123 cm³/mol. The third-order valence-electron chi connectivity index (χ3n) is 4.47. The zero-order valence-corrected chi connectivity index (χ0v) is 18.7. The smallest absolute Gasteiger partial charge is 0.251 e. The Kier molecular flexibility index (Phi) is 8.87. The largest absolute Gasteiger partial charge is 0.371 e. The van der Waals surface area contributed by atoms with Gasteiger partial charge >= 0.3 is 0 Å². The second-order valence-corrected chi connectivity index (χ2v) is 8.10. The van der Waals surface area contributed by atoms with Crippen LogP contribution < -0.4 is 16.0 Å². The Morgan fingerprint density at radius 1 is 1.00 bits per heavy atom. The molecular weight excluding hydrogens is 376 g/mol. The summed E-state index contributed by atoms with van der Waals surface area (Å²) in [5.41, 5.74) is 3.95. The van der Waals surface area contributed by atoms with E-state index >= 15 is 0 Å². The molecule has 30 heavy (non-hydrogen) atoms. The van der Waals surface area contributed by atoms with Gasteiger partial charge in [0.05, 0.1) is 12.2 Å². The number of hydrogen-bond donors (Lipinski definition) is 3. The Hall–Kier alpha value is -2.86. The summed E-state index contributed by atoms with van der Waals surface area (Å²) in [6, 6.07) is 16.0. The average molecular weight is 411 g/mol. The third kappa shape index (κ3) is 8.25. The Balaban J connectivity index is 1.82. The van der Waals surface area contributed by atoms with Crippen molar-refractivity contribution in [1.82, 2.24) is 16.0 Å². The number of aliphatic imine (C=N–C) groups is 1. The summed E-state index contributed by atoms with van der Waals surface area (Å²) in [4.78, 5) is 16.1. The van der Waals surface area contributed by atoms with E-state index in [-0.39, 0.29) is 11.5 Å². The topological polar surface area (TPSA) is 74.8 Å². The van der Waals surface area contributed by atoms with E-state index in [1.165, 1.54) is 5.56 Å². The van der Waals surface area contributed by atoms with E-state index in [1.54, 1.807) is 14.1 Å². The molecule has 0 fully saturated rings. The standard InChI is InChI=1S/C24H34N4O2/c1-24(2,3)30-17-20-10-6-9-19(14-20)16-28-23(26-5)27-13-12-18-8-7-11-21(15-18)22(29)25-4/h6-11,14-15H,12-13,16-17H2,1-5H3,(H,25,29)(H2,26,27,28). The lowest BCUT2D eigenvalue weighted by Gasteiger charge is -2.19. The molecule has 0 bridgehead atoms. The van der Waals surface area contributed by atoms with E-state index in [0.29, 0.717) is 18.7 Å². The van der Waals surface area contributed by atoms with E-state index in [1.807, 2.05) is 30.3 Å². The second-order valence-electron chi connectivity index (χ2n) is 8.10. The molecule has 0 atom stereocenters. The van der Waals surface area contributed by atoms with Gasteiger partial charge in [0.15, 0.2) is 5.96 Å². The molecule has 0 radical (unpaired) electrons. The Labute approximate surface area is 180 Å². The first-order valence-corrected chi connectivity index (χ1v) is 10.3. The molecule has 0 unspecified atom stereocenters. The summed E-state index contributed by atoms with van der Waals surface area (Å²) in [6.45, 7) is 8.17. The van der Waals surface area contributed by atoms with Gasteiger partial charge in [-0.25, -0.2) is 0 Å². The fourth-order valence-electron chi connectivity index (χ4n) is 2.87. The number of rotatable bonds is 8. The Bertz CT molecular complexity index is 856. The summed E-state index contributed by atoms with van der Waals surface area (Å²) in [5.74, 6) is 0.672. The van der Waals surface area contributed by atoms with Crippen molar-refractivity contribution in [1.29, 1.82) is 0 Å². The summed E-state index contributed by atoms with van der Waals surface area (Å²) < 4.78 is 5.86. The molecule has 0 saturated carbocycles. The van der Waals surface area contributed by atoms with Crippen LogP contribution in [0.4, 0.5) is 0 Å². The molecule has 0 spiro atoms. The third-order valence-corrected chi connectivity index (χ3v) is 4.47. The van der Waals surface area contributed by atoms with Gasteiger partial charge in [0, 0.05) is 32.7 Å². The number of amides is 1. The van der Waals surface area contributed by atoms with E-state index < -0.39 is 0 Å². The van der Waals surface area contributed by atoms with Gasteiger partial charge in [0.1, 0.15) is 0 Å². The molecule has 0 saturated heterocycles. The molecule has 0 aliphatic rings. The molecular formula is C24H34N4O2. The molecule has 1 amide bonds. The van der Waals surface area contributed by atoms with Crippen LogP contribution in [0.25, 0.3) is 0 Å². The minimum absolute atomic E-state index is 0.0718. The van der Waals surface area contributed by atoms with Crippen LogP contribution >= 0.6 is 0 Å². The van der Waals surface area contributed by atoms with Crippen molar-refractivity contribution in [3.05, 3.63) is 70.8 Å². The van der Waals surface area contributed by atoms with Crippen LogP contribution in [0.3, 0.4) is 0 Å². The zero-order valence-electron chi connectivity index (χ0n) is 18.7. The SMILES string of the molecule is CN=C(NCCc1cccc(C(=O)NC)c1)NCc1cccc(COC(C)(C)C)c1. The highest BCUT2D eigenvalue weighted by Gasteiger charge is 2.10. The first kappa shape index (κ1) is 23.4. The fourth-order valence-corrected chi connectivity index (χ4v) is 2.87. The molecule has 0 aliphatic heterocycles. The first-order chi connectivity index (χ1) is 14.3. The van der Waals surface area contributed by atoms with Gasteiger partial charge in [-0.1, -0.05) is 36.4 Å². The van der Waals surface area contributed by atoms with Crippen molar-refractivity contribution >= 4 is 11.9 Å². The number of guanidine groups is 1. The summed E-state index contributed by atoms with van der Waals surface area (Å²) in [7, 11) is 3.40. The molecule has 6 nitrogen and oxygen atoms in total. The van der Waals surface area contributed by atoms with Gasteiger partial charge in [0.2, 0.25) is 0 Å². The fraction of sp³-hybridized carbons (Fsp3) is 0.417. The average Bonchev–Trinajstić information content (AvgIpc) is 2.74. The molecule has 0 aromatic heterocycles. The van der Waals surface area contributed by atoms with E-state index in [4.69, 9.17) is 4.74 Å². The van der Waals surface area contributed by atoms with Gasteiger partial charge in [-0.15, -0.1) is 0 Å². The van der Waals surface area contributed by atoms with Crippen molar-refractivity contribution in [2.24, 2.45) is 4.99 Å². The highest BCUT2D eigenvalue weighted by Crippen LogP contribution is 2.13. The van der Waals surface area contributed by atoms with Crippen molar-refractivity contribution < 1.29 is 9.53 Å². The van der Waals surface area contributed by atoms with Crippen LogP contribution in [0.5, 0.6) is 0 Å². The van der Waals surface area contributed by atoms with E-state index in [2.05, 4.69) is 59.9 Å².